The molecule has 1 N–H and O–H groups in total. The van der Waals surface area contributed by atoms with Crippen LogP contribution in [0, 0.1) is 0 Å². The van der Waals surface area contributed by atoms with E-state index in [1.165, 1.54) is 11.3 Å². The Bertz CT molecular complexity index is 519. The van der Waals surface area contributed by atoms with Gasteiger partial charge in [-0.05, 0) is 24.6 Å². The van der Waals surface area contributed by atoms with Crippen LogP contribution in [0.25, 0.3) is 0 Å². The quantitative estimate of drug-likeness (QED) is 0.896. The second kappa shape index (κ2) is 5.69. The summed E-state index contributed by atoms with van der Waals surface area (Å²) in [6.45, 7) is 2.18. The predicted molar refractivity (Wildman–Crippen MR) is 71.1 cm³/mol. The molecule has 1 heterocycles. The number of thiophene rings is 1. The first-order chi connectivity index (χ1) is 8.66. The maximum Gasteiger partial charge on any atom is 0.311 e. The van der Waals surface area contributed by atoms with Crippen molar-refractivity contribution in [2.45, 2.75) is 19.4 Å². The Kier molecular flexibility index (Phi) is 3.99. The maximum absolute atomic E-state index is 10.9. The van der Waals surface area contributed by atoms with Crippen molar-refractivity contribution in [3.8, 4) is 5.06 Å². The van der Waals surface area contributed by atoms with E-state index in [1.54, 1.807) is 6.92 Å². The zero-order chi connectivity index (χ0) is 13.0. The van der Waals surface area contributed by atoms with E-state index in [2.05, 4.69) is 0 Å². The fourth-order valence-corrected chi connectivity index (χ4v) is 2.39. The highest BCUT2D eigenvalue weighted by molar-refractivity contribution is 7.14. The van der Waals surface area contributed by atoms with Crippen LogP contribution in [0.5, 0.6) is 5.06 Å². The Morgan fingerprint density at radius 1 is 1.28 bits per heavy atom. The van der Waals surface area contributed by atoms with Gasteiger partial charge in [-0.2, -0.15) is 0 Å². The number of carboxylic acids is 1. The van der Waals surface area contributed by atoms with Crippen LogP contribution in [-0.4, -0.2) is 11.1 Å². The van der Waals surface area contributed by atoms with E-state index < -0.39 is 11.9 Å². The highest BCUT2D eigenvalue weighted by Gasteiger charge is 2.16. The lowest BCUT2D eigenvalue weighted by molar-refractivity contribution is -0.138. The van der Waals surface area contributed by atoms with E-state index in [1.807, 2.05) is 42.5 Å². The van der Waals surface area contributed by atoms with Crippen molar-refractivity contribution in [2.75, 3.05) is 0 Å². The number of carboxylic acid groups (broad SMARTS) is 1. The van der Waals surface area contributed by atoms with Crippen LogP contribution in [0.15, 0.2) is 42.5 Å². The van der Waals surface area contributed by atoms with Gasteiger partial charge in [0.15, 0.2) is 5.06 Å². The Morgan fingerprint density at radius 2 is 2.00 bits per heavy atom. The summed E-state index contributed by atoms with van der Waals surface area (Å²) in [4.78, 5) is 11.7. The van der Waals surface area contributed by atoms with Gasteiger partial charge in [-0.1, -0.05) is 30.3 Å². The minimum absolute atomic E-state index is 0.482. The van der Waals surface area contributed by atoms with Crippen LogP contribution >= 0.6 is 11.3 Å². The SMILES string of the molecule is CC(C(=O)O)c1ccc(OCc2ccccc2)s1. The molecule has 0 aliphatic heterocycles. The van der Waals surface area contributed by atoms with Crippen LogP contribution in [0.3, 0.4) is 0 Å². The first kappa shape index (κ1) is 12.6. The summed E-state index contributed by atoms with van der Waals surface area (Å²) in [5.41, 5.74) is 1.10. The lowest BCUT2D eigenvalue weighted by Gasteiger charge is -2.03. The molecular weight excluding hydrogens is 248 g/mol. The topological polar surface area (TPSA) is 46.5 Å². The highest BCUT2D eigenvalue weighted by atomic mass is 32.1. The van der Waals surface area contributed by atoms with Crippen LogP contribution in [-0.2, 0) is 11.4 Å². The normalized spacial score (nSPS) is 12.1. The van der Waals surface area contributed by atoms with E-state index in [0.717, 1.165) is 15.5 Å². The number of rotatable bonds is 5. The van der Waals surface area contributed by atoms with Gasteiger partial charge in [0.05, 0.1) is 5.92 Å². The molecule has 0 saturated heterocycles. The Hall–Kier alpha value is -1.81. The average Bonchev–Trinajstić information content (AvgIpc) is 2.85. The monoisotopic (exact) mass is 262 g/mol. The summed E-state index contributed by atoms with van der Waals surface area (Å²) in [5, 5.41) is 9.67. The average molecular weight is 262 g/mol. The van der Waals surface area contributed by atoms with Gasteiger partial charge in [0, 0.05) is 4.88 Å². The zero-order valence-corrected chi connectivity index (χ0v) is 10.8. The van der Waals surface area contributed by atoms with Gasteiger partial charge in [0.2, 0.25) is 0 Å². The molecule has 3 nitrogen and oxygen atoms in total. The molecule has 0 aliphatic carbocycles. The Labute approximate surface area is 110 Å². The van der Waals surface area contributed by atoms with Crippen molar-refractivity contribution in [1.29, 1.82) is 0 Å². The number of hydrogen-bond acceptors (Lipinski definition) is 3. The summed E-state index contributed by atoms with van der Waals surface area (Å²) in [6.07, 6.45) is 0. The molecule has 0 amide bonds. The first-order valence-corrected chi connectivity index (χ1v) is 6.47. The number of ether oxygens (including phenoxy) is 1. The molecule has 0 spiro atoms. The fraction of sp³-hybridized carbons (Fsp3) is 0.214. The van der Waals surface area contributed by atoms with E-state index in [9.17, 15) is 4.79 Å². The molecule has 0 aliphatic rings. The second-order valence-corrected chi connectivity index (χ2v) is 5.07. The standard InChI is InChI=1S/C14H14O3S/c1-10(14(15)16)12-7-8-13(18-12)17-9-11-5-3-2-4-6-11/h2-8,10H,9H2,1H3,(H,15,16). The third-order valence-corrected chi connectivity index (χ3v) is 3.80. The van der Waals surface area contributed by atoms with E-state index in [4.69, 9.17) is 9.84 Å². The third-order valence-electron chi connectivity index (χ3n) is 2.62. The minimum Gasteiger partial charge on any atom is -0.481 e. The van der Waals surface area contributed by atoms with Crippen molar-refractivity contribution < 1.29 is 14.6 Å². The molecule has 0 saturated carbocycles. The van der Waals surface area contributed by atoms with Crippen molar-refractivity contribution in [2.24, 2.45) is 0 Å². The van der Waals surface area contributed by atoms with Crippen LogP contribution in [0.1, 0.15) is 23.3 Å². The predicted octanol–water partition coefficient (Wildman–Crippen LogP) is 3.52. The molecule has 4 heteroatoms. The Morgan fingerprint density at radius 3 is 2.67 bits per heavy atom. The lowest BCUT2D eigenvalue weighted by atomic mass is 10.1. The second-order valence-electron chi connectivity index (χ2n) is 3.99. The lowest BCUT2D eigenvalue weighted by Crippen LogP contribution is -2.05. The van der Waals surface area contributed by atoms with Gasteiger partial charge in [-0.3, -0.25) is 4.79 Å². The van der Waals surface area contributed by atoms with Gasteiger partial charge in [0.1, 0.15) is 6.61 Å². The van der Waals surface area contributed by atoms with Gasteiger partial charge < -0.3 is 9.84 Å². The summed E-state index contributed by atoms with van der Waals surface area (Å²) in [5.74, 6) is -1.30. The van der Waals surface area contributed by atoms with E-state index >= 15 is 0 Å². The van der Waals surface area contributed by atoms with Gasteiger partial charge in [-0.15, -0.1) is 11.3 Å². The molecule has 18 heavy (non-hydrogen) atoms. The molecule has 1 unspecified atom stereocenters. The molecule has 1 aromatic carbocycles. The van der Waals surface area contributed by atoms with Crippen molar-refractivity contribution >= 4 is 17.3 Å². The fourth-order valence-electron chi connectivity index (χ4n) is 1.50. The Balaban J connectivity index is 1.97. The summed E-state index contributed by atoms with van der Waals surface area (Å²) in [7, 11) is 0. The van der Waals surface area contributed by atoms with Gasteiger partial charge in [0.25, 0.3) is 0 Å². The molecule has 0 fully saturated rings. The van der Waals surface area contributed by atoms with Gasteiger partial charge in [-0.25, -0.2) is 0 Å². The molecule has 2 aromatic rings. The van der Waals surface area contributed by atoms with Crippen molar-refractivity contribution in [3.63, 3.8) is 0 Å². The molecular formula is C14H14O3S. The summed E-state index contributed by atoms with van der Waals surface area (Å²) >= 11 is 1.39. The zero-order valence-electron chi connectivity index (χ0n) is 10.00. The largest absolute Gasteiger partial charge is 0.481 e. The molecule has 0 radical (unpaired) electrons. The van der Waals surface area contributed by atoms with Crippen LogP contribution < -0.4 is 4.74 Å². The number of hydrogen-bond donors (Lipinski definition) is 1. The smallest absolute Gasteiger partial charge is 0.311 e. The van der Waals surface area contributed by atoms with Gasteiger partial charge >= 0.3 is 5.97 Å². The van der Waals surface area contributed by atoms with E-state index in [0.29, 0.717) is 6.61 Å². The van der Waals surface area contributed by atoms with E-state index in [-0.39, 0.29) is 0 Å². The number of benzene rings is 1. The molecule has 0 bridgehead atoms. The number of aliphatic carboxylic acids is 1. The van der Waals surface area contributed by atoms with Crippen LogP contribution in [0.2, 0.25) is 0 Å². The molecule has 1 aromatic heterocycles. The summed E-state index contributed by atoms with van der Waals surface area (Å²) in [6, 6.07) is 13.5. The highest BCUT2D eigenvalue weighted by Crippen LogP contribution is 2.30. The molecule has 2 rings (SSSR count). The minimum atomic E-state index is -0.813. The number of carbonyl (C=O) groups is 1. The maximum atomic E-state index is 10.9. The summed E-state index contributed by atoms with van der Waals surface area (Å²) < 4.78 is 5.63. The third kappa shape index (κ3) is 3.11. The van der Waals surface area contributed by atoms with Crippen molar-refractivity contribution in [3.05, 3.63) is 52.9 Å². The molecule has 94 valence electrons. The van der Waals surface area contributed by atoms with Crippen LogP contribution in [0.4, 0.5) is 0 Å². The molecule has 1 atom stereocenters. The van der Waals surface area contributed by atoms with Crippen molar-refractivity contribution in [1.82, 2.24) is 0 Å². The first-order valence-electron chi connectivity index (χ1n) is 5.66.